The van der Waals surface area contributed by atoms with E-state index in [-0.39, 0.29) is 11.5 Å². The second-order valence-electron chi connectivity index (χ2n) is 6.71. The van der Waals surface area contributed by atoms with Crippen LogP contribution in [0.3, 0.4) is 0 Å². The topological polar surface area (TPSA) is 66.9 Å². The van der Waals surface area contributed by atoms with Crippen LogP contribution in [0.25, 0.3) is 11.0 Å². The summed E-state index contributed by atoms with van der Waals surface area (Å²) >= 11 is 3.40. The number of aryl methyl sites for hydroxylation is 1. The maximum absolute atomic E-state index is 12.5. The van der Waals surface area contributed by atoms with E-state index in [0.717, 1.165) is 34.3 Å². The van der Waals surface area contributed by atoms with Gasteiger partial charge in [0.25, 0.3) is 5.91 Å². The first kappa shape index (κ1) is 18.0. The van der Waals surface area contributed by atoms with Gasteiger partial charge in [0.05, 0.1) is 0 Å². The number of fused-ring (bicyclic) bond motifs is 1. The van der Waals surface area contributed by atoms with Crippen molar-refractivity contribution in [3.8, 4) is 0 Å². The standard InChI is InChI=1S/C20H19BrN2O4/c1-13-2-5-17(26-13)20(25)23-8-6-22(7-9-23)12-14-10-19(24)27-18-11-15(21)3-4-16(14)18/h2-5,10-11H,6-9,12H2,1H3. The molecular weight excluding hydrogens is 412 g/mol. The summed E-state index contributed by atoms with van der Waals surface area (Å²) in [5, 5.41) is 0.933. The van der Waals surface area contributed by atoms with E-state index in [1.54, 1.807) is 18.2 Å². The van der Waals surface area contributed by atoms with Gasteiger partial charge in [-0.3, -0.25) is 9.69 Å². The molecule has 1 amide bonds. The van der Waals surface area contributed by atoms with E-state index >= 15 is 0 Å². The first-order valence-corrected chi connectivity index (χ1v) is 9.59. The smallest absolute Gasteiger partial charge is 0.336 e. The highest BCUT2D eigenvalue weighted by Gasteiger charge is 2.24. The third-order valence-electron chi connectivity index (χ3n) is 4.80. The van der Waals surface area contributed by atoms with E-state index in [1.165, 1.54) is 0 Å². The SMILES string of the molecule is Cc1ccc(C(=O)N2CCN(Cc3cc(=O)oc4cc(Br)ccc34)CC2)o1. The van der Waals surface area contributed by atoms with Crippen LogP contribution in [0, 0.1) is 6.92 Å². The summed E-state index contributed by atoms with van der Waals surface area (Å²) < 4.78 is 11.6. The Bertz CT molecular complexity index is 1050. The fraction of sp³-hybridized carbons (Fsp3) is 0.300. The van der Waals surface area contributed by atoms with Gasteiger partial charge in [0.15, 0.2) is 5.76 Å². The fourth-order valence-electron chi connectivity index (χ4n) is 3.39. The lowest BCUT2D eigenvalue weighted by atomic mass is 10.1. The molecule has 27 heavy (non-hydrogen) atoms. The highest BCUT2D eigenvalue weighted by atomic mass is 79.9. The van der Waals surface area contributed by atoms with Crippen LogP contribution in [0.15, 0.2) is 54.5 Å². The van der Waals surface area contributed by atoms with Crippen molar-refractivity contribution in [1.82, 2.24) is 9.80 Å². The van der Waals surface area contributed by atoms with Crippen molar-refractivity contribution in [1.29, 1.82) is 0 Å². The van der Waals surface area contributed by atoms with Gasteiger partial charge in [0, 0.05) is 48.6 Å². The van der Waals surface area contributed by atoms with Crippen molar-refractivity contribution in [2.24, 2.45) is 0 Å². The average molecular weight is 431 g/mol. The van der Waals surface area contributed by atoms with Crippen LogP contribution >= 0.6 is 15.9 Å². The third-order valence-corrected chi connectivity index (χ3v) is 5.29. The van der Waals surface area contributed by atoms with E-state index in [4.69, 9.17) is 8.83 Å². The molecule has 1 fully saturated rings. The van der Waals surface area contributed by atoms with Crippen molar-refractivity contribution in [3.05, 3.63) is 68.4 Å². The Hall–Kier alpha value is -2.38. The summed E-state index contributed by atoms with van der Waals surface area (Å²) in [6, 6.07) is 10.8. The second-order valence-corrected chi connectivity index (χ2v) is 7.63. The number of benzene rings is 1. The number of carbonyl (C=O) groups is 1. The molecule has 0 radical (unpaired) electrons. The first-order valence-electron chi connectivity index (χ1n) is 8.80. The molecule has 1 aromatic carbocycles. The largest absolute Gasteiger partial charge is 0.456 e. The zero-order valence-electron chi connectivity index (χ0n) is 14.9. The molecule has 0 spiro atoms. The zero-order valence-corrected chi connectivity index (χ0v) is 16.5. The Morgan fingerprint density at radius 2 is 1.85 bits per heavy atom. The Kier molecular flexibility index (Phi) is 4.88. The van der Waals surface area contributed by atoms with E-state index in [2.05, 4.69) is 20.8 Å². The first-order chi connectivity index (χ1) is 13.0. The molecule has 0 saturated carbocycles. The van der Waals surface area contributed by atoms with Crippen LogP contribution < -0.4 is 5.63 Å². The molecule has 1 aliphatic rings. The summed E-state index contributed by atoms with van der Waals surface area (Å²) in [5.74, 6) is 1.05. The van der Waals surface area contributed by atoms with Crippen molar-refractivity contribution in [2.75, 3.05) is 26.2 Å². The molecule has 6 nitrogen and oxygen atoms in total. The summed E-state index contributed by atoms with van der Waals surface area (Å²) in [6.07, 6.45) is 0. The van der Waals surface area contributed by atoms with Crippen LogP contribution in [-0.2, 0) is 6.54 Å². The number of amides is 1. The minimum absolute atomic E-state index is 0.0709. The molecule has 2 aromatic heterocycles. The fourth-order valence-corrected chi connectivity index (χ4v) is 3.73. The van der Waals surface area contributed by atoms with Crippen LogP contribution in [0.1, 0.15) is 21.9 Å². The number of nitrogens with zero attached hydrogens (tertiary/aromatic N) is 2. The molecule has 3 heterocycles. The van der Waals surface area contributed by atoms with Crippen molar-refractivity contribution in [3.63, 3.8) is 0 Å². The van der Waals surface area contributed by atoms with Gasteiger partial charge >= 0.3 is 5.63 Å². The number of hydrogen-bond donors (Lipinski definition) is 0. The minimum Gasteiger partial charge on any atom is -0.456 e. The summed E-state index contributed by atoms with van der Waals surface area (Å²) in [4.78, 5) is 28.4. The Morgan fingerprint density at radius 1 is 1.07 bits per heavy atom. The third kappa shape index (κ3) is 3.84. The Balaban J connectivity index is 1.46. The molecule has 7 heteroatoms. The van der Waals surface area contributed by atoms with E-state index < -0.39 is 0 Å². The molecule has 0 N–H and O–H groups in total. The molecule has 140 valence electrons. The van der Waals surface area contributed by atoms with Gasteiger partial charge in [-0.25, -0.2) is 4.79 Å². The zero-order chi connectivity index (χ0) is 19.0. The highest BCUT2D eigenvalue weighted by molar-refractivity contribution is 9.10. The van der Waals surface area contributed by atoms with Gasteiger partial charge in [-0.15, -0.1) is 0 Å². The maximum Gasteiger partial charge on any atom is 0.336 e. The number of rotatable bonds is 3. The normalized spacial score (nSPS) is 15.4. The molecule has 1 aliphatic heterocycles. The molecule has 0 unspecified atom stereocenters. The van der Waals surface area contributed by atoms with Gasteiger partial charge < -0.3 is 13.7 Å². The minimum atomic E-state index is -0.349. The molecule has 1 saturated heterocycles. The molecule has 3 aromatic rings. The average Bonchev–Trinajstić information content (AvgIpc) is 3.07. The predicted octanol–water partition coefficient (Wildman–Crippen LogP) is 3.41. The quantitative estimate of drug-likeness (QED) is 0.595. The van der Waals surface area contributed by atoms with Gasteiger partial charge in [-0.2, -0.15) is 0 Å². The monoisotopic (exact) mass is 430 g/mol. The summed E-state index contributed by atoms with van der Waals surface area (Å²) in [5.41, 5.74) is 1.17. The molecule has 0 atom stereocenters. The Morgan fingerprint density at radius 3 is 2.56 bits per heavy atom. The number of piperazine rings is 1. The molecule has 0 aliphatic carbocycles. The van der Waals surface area contributed by atoms with Gasteiger partial charge in [0.1, 0.15) is 11.3 Å². The molecule has 0 bridgehead atoms. The lowest BCUT2D eigenvalue weighted by Crippen LogP contribution is -2.48. The van der Waals surface area contributed by atoms with Gasteiger partial charge in [0.2, 0.25) is 0 Å². The number of furan rings is 1. The molecule has 4 rings (SSSR count). The van der Waals surface area contributed by atoms with Gasteiger partial charge in [-0.05, 0) is 42.8 Å². The van der Waals surface area contributed by atoms with Gasteiger partial charge in [-0.1, -0.05) is 15.9 Å². The van der Waals surface area contributed by atoms with E-state index in [0.29, 0.717) is 31.0 Å². The van der Waals surface area contributed by atoms with Crippen molar-refractivity contribution < 1.29 is 13.6 Å². The highest BCUT2D eigenvalue weighted by Crippen LogP contribution is 2.23. The molecular formula is C20H19BrN2O4. The van der Waals surface area contributed by atoms with E-state index in [9.17, 15) is 9.59 Å². The Labute approximate surface area is 164 Å². The second kappa shape index (κ2) is 7.32. The lowest BCUT2D eigenvalue weighted by molar-refractivity contribution is 0.0597. The maximum atomic E-state index is 12.5. The summed E-state index contributed by atoms with van der Waals surface area (Å²) in [7, 11) is 0. The van der Waals surface area contributed by atoms with Crippen molar-refractivity contribution in [2.45, 2.75) is 13.5 Å². The van der Waals surface area contributed by atoms with E-state index in [1.807, 2.05) is 30.0 Å². The van der Waals surface area contributed by atoms with Crippen molar-refractivity contribution >= 4 is 32.8 Å². The van der Waals surface area contributed by atoms with Crippen LogP contribution in [0.2, 0.25) is 0 Å². The predicted molar refractivity (Wildman–Crippen MR) is 105 cm³/mol. The number of hydrogen-bond acceptors (Lipinski definition) is 5. The number of carbonyl (C=O) groups excluding carboxylic acids is 1. The number of halogens is 1. The van der Waals surface area contributed by atoms with Crippen LogP contribution in [0.4, 0.5) is 0 Å². The van der Waals surface area contributed by atoms with Crippen LogP contribution in [-0.4, -0.2) is 41.9 Å². The van der Waals surface area contributed by atoms with Crippen LogP contribution in [0.5, 0.6) is 0 Å². The summed E-state index contributed by atoms with van der Waals surface area (Å²) in [6.45, 7) is 5.21. The lowest BCUT2D eigenvalue weighted by Gasteiger charge is -2.34.